The third-order valence-electron chi connectivity index (χ3n) is 5.95. The number of carbonyl (C=O) groups is 2. The van der Waals surface area contributed by atoms with Crippen molar-refractivity contribution < 1.29 is 24.5 Å². The maximum atomic E-state index is 13.3. The zero-order valence-corrected chi connectivity index (χ0v) is 20.3. The van der Waals surface area contributed by atoms with Crippen molar-refractivity contribution >= 4 is 23.1 Å². The number of aliphatic hydroxyl groups is 1. The fraction of sp³-hybridized carbons (Fsp3) is 0.241. The Labute approximate surface area is 205 Å². The van der Waals surface area contributed by atoms with Crippen molar-refractivity contribution in [2.45, 2.75) is 33.7 Å². The normalized spacial score (nSPS) is 17.3. The molecule has 0 saturated carbocycles. The first-order valence-electron chi connectivity index (χ1n) is 11.6. The number of nitrogens with zero attached hydrogens (tertiary/aromatic N) is 1. The molecule has 6 heteroatoms. The number of ketones is 1. The quantitative estimate of drug-likeness (QED) is 0.275. The van der Waals surface area contributed by atoms with Crippen molar-refractivity contribution in [2.24, 2.45) is 5.92 Å². The molecule has 1 heterocycles. The Balaban J connectivity index is 1.85. The summed E-state index contributed by atoms with van der Waals surface area (Å²) in [5, 5.41) is 21.1. The Morgan fingerprint density at radius 2 is 1.71 bits per heavy atom. The highest BCUT2D eigenvalue weighted by Crippen LogP contribution is 2.42. The van der Waals surface area contributed by atoms with Gasteiger partial charge in [0.1, 0.15) is 17.3 Å². The number of rotatable bonds is 6. The minimum absolute atomic E-state index is 0.00237. The van der Waals surface area contributed by atoms with Gasteiger partial charge in [-0.15, -0.1) is 0 Å². The van der Waals surface area contributed by atoms with Gasteiger partial charge in [0.05, 0.1) is 18.2 Å². The van der Waals surface area contributed by atoms with Crippen LogP contribution in [0, 0.1) is 19.8 Å². The second kappa shape index (κ2) is 9.66. The van der Waals surface area contributed by atoms with Crippen LogP contribution >= 0.6 is 0 Å². The predicted octanol–water partition coefficient (Wildman–Crippen LogP) is 5.67. The number of benzene rings is 3. The molecule has 0 radical (unpaired) electrons. The van der Waals surface area contributed by atoms with Crippen LogP contribution in [0.3, 0.4) is 0 Å². The van der Waals surface area contributed by atoms with E-state index in [9.17, 15) is 19.8 Å². The van der Waals surface area contributed by atoms with Crippen LogP contribution in [0.25, 0.3) is 5.76 Å². The Morgan fingerprint density at radius 1 is 1.00 bits per heavy atom. The second-order valence-corrected chi connectivity index (χ2v) is 9.28. The number of hydrogen-bond acceptors (Lipinski definition) is 5. The number of amides is 1. The molecule has 2 N–H and O–H groups in total. The van der Waals surface area contributed by atoms with Gasteiger partial charge in [0.2, 0.25) is 0 Å². The molecule has 3 aromatic rings. The lowest BCUT2D eigenvalue weighted by atomic mass is 9.94. The van der Waals surface area contributed by atoms with E-state index in [0.717, 1.165) is 11.1 Å². The number of ether oxygens (including phenoxy) is 1. The van der Waals surface area contributed by atoms with Gasteiger partial charge in [-0.05, 0) is 78.9 Å². The Kier molecular flexibility index (Phi) is 6.65. The molecule has 180 valence electrons. The molecule has 6 nitrogen and oxygen atoms in total. The molecule has 1 unspecified atom stereocenters. The summed E-state index contributed by atoms with van der Waals surface area (Å²) < 4.78 is 5.83. The average Bonchev–Trinajstić information content (AvgIpc) is 3.08. The lowest BCUT2D eigenvalue weighted by Gasteiger charge is -2.25. The number of hydrogen-bond donors (Lipinski definition) is 2. The maximum absolute atomic E-state index is 13.3. The second-order valence-electron chi connectivity index (χ2n) is 9.28. The molecule has 1 atom stereocenters. The highest BCUT2D eigenvalue weighted by molar-refractivity contribution is 6.51. The van der Waals surface area contributed by atoms with Crippen LogP contribution in [-0.2, 0) is 9.59 Å². The minimum Gasteiger partial charge on any atom is -0.508 e. The molecule has 0 spiro atoms. The van der Waals surface area contributed by atoms with Gasteiger partial charge in [-0.25, -0.2) is 0 Å². The number of phenols is 1. The van der Waals surface area contributed by atoms with Crippen LogP contribution in [-0.4, -0.2) is 28.5 Å². The monoisotopic (exact) mass is 471 g/mol. The van der Waals surface area contributed by atoms with E-state index in [4.69, 9.17) is 4.74 Å². The van der Waals surface area contributed by atoms with Crippen molar-refractivity contribution in [2.75, 3.05) is 11.5 Å². The van der Waals surface area contributed by atoms with Crippen LogP contribution in [0.5, 0.6) is 11.5 Å². The Hall–Kier alpha value is -4.06. The van der Waals surface area contributed by atoms with E-state index < -0.39 is 17.7 Å². The zero-order valence-electron chi connectivity index (χ0n) is 20.3. The number of phenolic OH excluding ortho intramolecular Hbond substituents is 1. The summed E-state index contributed by atoms with van der Waals surface area (Å²) in [6, 6.07) is 17.9. The fourth-order valence-electron chi connectivity index (χ4n) is 4.22. The number of aliphatic hydroxyl groups excluding tert-OH is 1. The largest absolute Gasteiger partial charge is 0.508 e. The topological polar surface area (TPSA) is 87.1 Å². The minimum atomic E-state index is -0.852. The van der Waals surface area contributed by atoms with E-state index in [0.29, 0.717) is 35.1 Å². The molecule has 1 saturated heterocycles. The third kappa shape index (κ3) is 4.78. The van der Waals surface area contributed by atoms with Gasteiger partial charge in [-0.1, -0.05) is 38.1 Å². The van der Waals surface area contributed by atoms with E-state index in [1.807, 2.05) is 32.0 Å². The van der Waals surface area contributed by atoms with Crippen LogP contribution in [0.1, 0.15) is 42.1 Å². The first-order chi connectivity index (χ1) is 16.7. The maximum Gasteiger partial charge on any atom is 0.300 e. The van der Waals surface area contributed by atoms with Gasteiger partial charge in [-0.3, -0.25) is 14.5 Å². The summed E-state index contributed by atoms with van der Waals surface area (Å²) in [5.74, 6) is -0.608. The molecule has 4 rings (SSSR count). The smallest absolute Gasteiger partial charge is 0.300 e. The van der Waals surface area contributed by atoms with E-state index in [-0.39, 0.29) is 17.1 Å². The van der Waals surface area contributed by atoms with Crippen molar-refractivity contribution in [1.82, 2.24) is 0 Å². The third-order valence-corrected chi connectivity index (χ3v) is 5.95. The fourth-order valence-corrected chi connectivity index (χ4v) is 4.22. The van der Waals surface area contributed by atoms with E-state index in [1.54, 1.807) is 36.4 Å². The van der Waals surface area contributed by atoms with Gasteiger partial charge in [-0.2, -0.15) is 0 Å². The average molecular weight is 472 g/mol. The van der Waals surface area contributed by atoms with Crippen molar-refractivity contribution in [3.63, 3.8) is 0 Å². The van der Waals surface area contributed by atoms with Gasteiger partial charge >= 0.3 is 0 Å². The van der Waals surface area contributed by atoms with E-state index in [1.165, 1.54) is 17.0 Å². The first kappa shape index (κ1) is 24.1. The Bertz CT molecular complexity index is 1310. The molecule has 1 amide bonds. The van der Waals surface area contributed by atoms with Crippen LogP contribution < -0.4 is 9.64 Å². The molecule has 0 aromatic heterocycles. The zero-order chi connectivity index (χ0) is 25.3. The summed E-state index contributed by atoms with van der Waals surface area (Å²) in [7, 11) is 0. The number of aryl methyl sites for hydroxylation is 2. The lowest BCUT2D eigenvalue weighted by Crippen LogP contribution is -2.29. The molecule has 0 aliphatic carbocycles. The number of carbonyl (C=O) groups excluding carboxylic acids is 2. The lowest BCUT2D eigenvalue weighted by molar-refractivity contribution is -0.132. The molecule has 1 aliphatic heterocycles. The van der Waals surface area contributed by atoms with Gasteiger partial charge < -0.3 is 14.9 Å². The van der Waals surface area contributed by atoms with Crippen LogP contribution in [0.4, 0.5) is 5.69 Å². The highest BCUT2D eigenvalue weighted by atomic mass is 16.5. The molecular weight excluding hydrogens is 442 g/mol. The summed E-state index contributed by atoms with van der Waals surface area (Å²) in [4.78, 5) is 27.9. The molecule has 0 bridgehead atoms. The van der Waals surface area contributed by atoms with E-state index in [2.05, 4.69) is 13.8 Å². The SMILES string of the molecule is Cc1cccc(N2C(=O)C(=O)/C(=C(\O)c3ccc(OCC(C)C)c(C)c3)C2c2ccc(O)cc2)c1. The Morgan fingerprint density at radius 3 is 2.34 bits per heavy atom. The summed E-state index contributed by atoms with van der Waals surface area (Å²) in [6.45, 7) is 8.46. The summed E-state index contributed by atoms with van der Waals surface area (Å²) in [5.41, 5.74) is 3.31. The van der Waals surface area contributed by atoms with Gasteiger partial charge in [0.15, 0.2) is 0 Å². The highest BCUT2D eigenvalue weighted by Gasteiger charge is 2.47. The van der Waals surface area contributed by atoms with Gasteiger partial charge in [0, 0.05) is 11.3 Å². The van der Waals surface area contributed by atoms with Crippen molar-refractivity contribution in [3.05, 3.63) is 94.6 Å². The molecule has 1 aliphatic rings. The summed E-state index contributed by atoms with van der Waals surface area (Å²) >= 11 is 0. The number of anilines is 1. The summed E-state index contributed by atoms with van der Waals surface area (Å²) in [6.07, 6.45) is 0. The standard InChI is InChI=1S/C29H29NO5/c1-17(2)16-35-24-13-10-21(15-19(24)4)27(32)25-26(20-8-11-23(31)12-9-20)30(29(34)28(25)33)22-7-5-6-18(3)14-22/h5-15,17,26,31-32H,16H2,1-4H3/b27-25-. The number of aromatic hydroxyl groups is 1. The van der Waals surface area contributed by atoms with Crippen molar-refractivity contribution in [3.8, 4) is 11.5 Å². The first-order valence-corrected chi connectivity index (χ1v) is 11.6. The molecule has 35 heavy (non-hydrogen) atoms. The number of Topliss-reactive ketones (excluding diaryl/α,β-unsaturated/α-hetero) is 1. The van der Waals surface area contributed by atoms with Crippen LogP contribution in [0.2, 0.25) is 0 Å². The van der Waals surface area contributed by atoms with Gasteiger partial charge in [0.25, 0.3) is 11.7 Å². The molecular formula is C29H29NO5. The molecule has 3 aromatic carbocycles. The van der Waals surface area contributed by atoms with Crippen LogP contribution in [0.15, 0.2) is 72.3 Å². The molecule has 1 fully saturated rings. The van der Waals surface area contributed by atoms with E-state index >= 15 is 0 Å². The van der Waals surface area contributed by atoms with Crippen molar-refractivity contribution in [1.29, 1.82) is 0 Å². The predicted molar refractivity (Wildman–Crippen MR) is 136 cm³/mol.